The summed E-state index contributed by atoms with van der Waals surface area (Å²) >= 11 is 0. The summed E-state index contributed by atoms with van der Waals surface area (Å²) in [5.41, 5.74) is 0.0466. The fourth-order valence-corrected chi connectivity index (χ4v) is 2.50. The molecule has 2 fully saturated rings. The van der Waals surface area contributed by atoms with Gasteiger partial charge in [-0.05, 0) is 38.6 Å². The van der Waals surface area contributed by atoms with Gasteiger partial charge < -0.3 is 10.6 Å². The first-order chi connectivity index (χ1) is 7.26. The predicted molar refractivity (Wildman–Crippen MR) is 60.6 cm³/mol. The van der Waals surface area contributed by atoms with Gasteiger partial charge in [0.05, 0.1) is 5.54 Å². The van der Waals surface area contributed by atoms with Crippen molar-refractivity contribution in [3.63, 3.8) is 0 Å². The fraction of sp³-hybridized carbons (Fsp3) is 0.917. The van der Waals surface area contributed by atoms with Crippen LogP contribution >= 0.6 is 0 Å². The molecule has 1 aliphatic heterocycles. The largest absolute Gasteiger partial charge is 0.349 e. The molecule has 2 aliphatic rings. The Labute approximate surface area is 92.0 Å². The second kappa shape index (κ2) is 4.52. The smallest absolute Gasteiger partial charge is 0.223 e. The molecule has 1 saturated heterocycles. The van der Waals surface area contributed by atoms with E-state index in [4.69, 9.17) is 0 Å². The highest BCUT2D eigenvalue weighted by atomic mass is 16.2. The third-order valence-corrected chi connectivity index (χ3v) is 4.01. The Morgan fingerprint density at radius 3 is 2.73 bits per heavy atom. The maximum Gasteiger partial charge on any atom is 0.223 e. The molecule has 0 aromatic heterocycles. The van der Waals surface area contributed by atoms with E-state index in [1.54, 1.807) is 0 Å². The zero-order valence-corrected chi connectivity index (χ0v) is 9.64. The Balaban J connectivity index is 1.90. The molecule has 1 heterocycles. The van der Waals surface area contributed by atoms with Crippen LogP contribution in [-0.2, 0) is 4.79 Å². The van der Waals surface area contributed by atoms with E-state index in [0.29, 0.717) is 11.8 Å². The van der Waals surface area contributed by atoms with Crippen LogP contribution in [0.15, 0.2) is 0 Å². The number of hydrogen-bond acceptors (Lipinski definition) is 2. The lowest BCUT2D eigenvalue weighted by Gasteiger charge is -2.39. The first-order valence-corrected chi connectivity index (χ1v) is 6.28. The molecule has 1 atom stereocenters. The van der Waals surface area contributed by atoms with Crippen LogP contribution in [-0.4, -0.2) is 24.5 Å². The van der Waals surface area contributed by atoms with Gasteiger partial charge >= 0.3 is 0 Å². The summed E-state index contributed by atoms with van der Waals surface area (Å²) in [6.07, 6.45) is 6.78. The van der Waals surface area contributed by atoms with Crippen molar-refractivity contribution in [2.45, 2.75) is 51.0 Å². The summed E-state index contributed by atoms with van der Waals surface area (Å²) in [7, 11) is 0. The van der Waals surface area contributed by atoms with Crippen LogP contribution in [0.4, 0.5) is 0 Å². The molecule has 1 unspecified atom stereocenters. The molecule has 0 aromatic carbocycles. The molecule has 2 N–H and O–H groups in total. The number of rotatable bonds is 3. The maximum atomic E-state index is 11.9. The van der Waals surface area contributed by atoms with Crippen LogP contribution in [0.25, 0.3) is 0 Å². The van der Waals surface area contributed by atoms with Gasteiger partial charge in [-0.25, -0.2) is 0 Å². The van der Waals surface area contributed by atoms with Crippen molar-refractivity contribution in [3.8, 4) is 0 Å². The van der Waals surface area contributed by atoms with Crippen LogP contribution in [0.5, 0.6) is 0 Å². The molecule has 1 aliphatic carbocycles. The minimum Gasteiger partial charge on any atom is -0.349 e. The van der Waals surface area contributed by atoms with E-state index in [1.165, 1.54) is 12.8 Å². The van der Waals surface area contributed by atoms with Gasteiger partial charge in [0.25, 0.3) is 0 Å². The third kappa shape index (κ3) is 2.33. The topological polar surface area (TPSA) is 41.1 Å². The quantitative estimate of drug-likeness (QED) is 0.740. The average Bonchev–Trinajstić information content (AvgIpc) is 2.16. The molecule has 2 rings (SSSR count). The number of carbonyl (C=O) groups is 1. The van der Waals surface area contributed by atoms with Crippen LogP contribution in [0.1, 0.15) is 45.4 Å². The number of hydrogen-bond donors (Lipinski definition) is 2. The predicted octanol–water partition coefficient (Wildman–Crippen LogP) is 1.43. The van der Waals surface area contributed by atoms with Gasteiger partial charge in [0.2, 0.25) is 5.91 Å². The highest BCUT2D eigenvalue weighted by molar-refractivity contribution is 5.80. The number of amides is 1. The number of carbonyl (C=O) groups excluding carboxylic acids is 1. The van der Waals surface area contributed by atoms with Crippen molar-refractivity contribution in [1.29, 1.82) is 0 Å². The Kier molecular flexibility index (Phi) is 3.29. The molecule has 1 saturated carbocycles. The van der Waals surface area contributed by atoms with Crippen LogP contribution in [0, 0.1) is 5.92 Å². The fourth-order valence-electron chi connectivity index (χ4n) is 2.50. The van der Waals surface area contributed by atoms with Crippen molar-refractivity contribution < 1.29 is 4.79 Å². The molecule has 1 amide bonds. The number of piperidine rings is 1. The summed E-state index contributed by atoms with van der Waals surface area (Å²) in [6.45, 7) is 4.22. The van der Waals surface area contributed by atoms with Gasteiger partial charge in [0, 0.05) is 12.5 Å². The standard InChI is InChI=1S/C12H22N2O/c1-2-12(7-4-8-13-9-12)14-11(15)10-5-3-6-10/h10,13H,2-9H2,1H3,(H,14,15). The van der Waals surface area contributed by atoms with E-state index in [0.717, 1.165) is 38.8 Å². The highest BCUT2D eigenvalue weighted by Crippen LogP contribution is 2.28. The summed E-state index contributed by atoms with van der Waals surface area (Å²) in [6, 6.07) is 0. The lowest BCUT2D eigenvalue weighted by Crippen LogP contribution is -2.58. The lowest BCUT2D eigenvalue weighted by atomic mass is 9.82. The maximum absolute atomic E-state index is 11.9. The van der Waals surface area contributed by atoms with Gasteiger partial charge in [-0.3, -0.25) is 4.79 Å². The monoisotopic (exact) mass is 210 g/mol. The van der Waals surface area contributed by atoms with E-state index < -0.39 is 0 Å². The molecule has 3 heteroatoms. The first-order valence-electron chi connectivity index (χ1n) is 6.28. The Bertz CT molecular complexity index is 230. The van der Waals surface area contributed by atoms with Gasteiger partial charge in [0.15, 0.2) is 0 Å². The van der Waals surface area contributed by atoms with Crippen molar-refractivity contribution in [1.82, 2.24) is 10.6 Å². The minimum absolute atomic E-state index is 0.0466. The van der Waals surface area contributed by atoms with Gasteiger partial charge in [-0.1, -0.05) is 13.3 Å². The third-order valence-electron chi connectivity index (χ3n) is 4.01. The molecule has 15 heavy (non-hydrogen) atoms. The van der Waals surface area contributed by atoms with E-state index in [2.05, 4.69) is 17.6 Å². The Morgan fingerprint density at radius 2 is 2.27 bits per heavy atom. The normalized spacial score (nSPS) is 32.1. The van der Waals surface area contributed by atoms with Crippen molar-refractivity contribution in [2.24, 2.45) is 5.92 Å². The molecule has 0 aromatic rings. The summed E-state index contributed by atoms with van der Waals surface area (Å²) < 4.78 is 0. The summed E-state index contributed by atoms with van der Waals surface area (Å²) in [4.78, 5) is 11.9. The van der Waals surface area contributed by atoms with Crippen molar-refractivity contribution >= 4 is 5.91 Å². The van der Waals surface area contributed by atoms with Crippen molar-refractivity contribution in [2.75, 3.05) is 13.1 Å². The van der Waals surface area contributed by atoms with Crippen LogP contribution in [0.3, 0.4) is 0 Å². The zero-order valence-electron chi connectivity index (χ0n) is 9.64. The number of nitrogens with one attached hydrogen (secondary N) is 2. The molecule has 0 bridgehead atoms. The minimum atomic E-state index is 0.0466. The van der Waals surface area contributed by atoms with E-state index in [9.17, 15) is 4.79 Å². The highest BCUT2D eigenvalue weighted by Gasteiger charge is 2.35. The zero-order chi connectivity index (χ0) is 10.7. The molecule has 0 spiro atoms. The van der Waals surface area contributed by atoms with Crippen molar-refractivity contribution in [3.05, 3.63) is 0 Å². The Morgan fingerprint density at radius 1 is 1.47 bits per heavy atom. The SMILES string of the molecule is CCC1(NC(=O)C2CCC2)CCCNC1. The molecular weight excluding hydrogens is 188 g/mol. The summed E-state index contributed by atoms with van der Waals surface area (Å²) in [5.74, 6) is 0.613. The Hall–Kier alpha value is -0.570. The average molecular weight is 210 g/mol. The first kappa shape index (κ1) is 10.9. The molecule has 3 nitrogen and oxygen atoms in total. The van der Waals surface area contributed by atoms with Gasteiger partial charge in [0.1, 0.15) is 0 Å². The van der Waals surface area contributed by atoms with Crippen LogP contribution in [0.2, 0.25) is 0 Å². The molecule has 0 radical (unpaired) electrons. The second-order valence-electron chi connectivity index (χ2n) is 5.03. The molecular formula is C12H22N2O. The van der Waals surface area contributed by atoms with E-state index >= 15 is 0 Å². The van der Waals surface area contributed by atoms with Gasteiger partial charge in [-0.15, -0.1) is 0 Å². The van der Waals surface area contributed by atoms with E-state index in [1.807, 2.05) is 0 Å². The van der Waals surface area contributed by atoms with Gasteiger partial charge in [-0.2, -0.15) is 0 Å². The second-order valence-corrected chi connectivity index (χ2v) is 5.03. The lowest BCUT2D eigenvalue weighted by molar-refractivity contribution is -0.129. The molecule has 86 valence electrons. The van der Waals surface area contributed by atoms with E-state index in [-0.39, 0.29) is 5.54 Å². The summed E-state index contributed by atoms with van der Waals surface area (Å²) in [5, 5.41) is 6.67. The van der Waals surface area contributed by atoms with Crippen LogP contribution < -0.4 is 10.6 Å².